The monoisotopic (exact) mass is 210 g/mol. The molecule has 1 aromatic heterocycles. The van der Waals surface area contributed by atoms with Gasteiger partial charge in [-0.1, -0.05) is 0 Å². The Hall–Kier alpha value is -1.62. The SMILES string of the molecule is COCC(C)OC(=O)c1cncc(N)c1. The smallest absolute Gasteiger partial charge is 0.340 e. The number of esters is 1. The number of ether oxygens (including phenoxy) is 2. The van der Waals surface area contributed by atoms with Crippen LogP contribution in [0.1, 0.15) is 17.3 Å². The van der Waals surface area contributed by atoms with E-state index in [9.17, 15) is 4.79 Å². The molecule has 1 heterocycles. The average molecular weight is 210 g/mol. The lowest BCUT2D eigenvalue weighted by Crippen LogP contribution is -2.19. The van der Waals surface area contributed by atoms with E-state index in [1.165, 1.54) is 18.5 Å². The molecule has 0 saturated heterocycles. The largest absolute Gasteiger partial charge is 0.457 e. The summed E-state index contributed by atoms with van der Waals surface area (Å²) in [4.78, 5) is 15.3. The minimum Gasteiger partial charge on any atom is -0.457 e. The van der Waals surface area contributed by atoms with Crippen LogP contribution in [0.5, 0.6) is 0 Å². The first kappa shape index (κ1) is 11.5. The van der Waals surface area contributed by atoms with Gasteiger partial charge in [0.1, 0.15) is 6.10 Å². The number of methoxy groups -OCH3 is 1. The Balaban J connectivity index is 2.61. The number of nitrogen functional groups attached to an aromatic ring is 1. The van der Waals surface area contributed by atoms with Crippen LogP contribution in [0.15, 0.2) is 18.5 Å². The highest BCUT2D eigenvalue weighted by Crippen LogP contribution is 2.07. The van der Waals surface area contributed by atoms with Crippen LogP contribution in [0.4, 0.5) is 5.69 Å². The molecule has 15 heavy (non-hydrogen) atoms. The van der Waals surface area contributed by atoms with E-state index >= 15 is 0 Å². The van der Waals surface area contributed by atoms with Crippen molar-refractivity contribution in [2.24, 2.45) is 0 Å². The molecule has 0 radical (unpaired) electrons. The van der Waals surface area contributed by atoms with Gasteiger partial charge in [-0.3, -0.25) is 4.98 Å². The Kier molecular flexibility index (Phi) is 4.05. The van der Waals surface area contributed by atoms with Crippen LogP contribution < -0.4 is 5.73 Å². The second-order valence-electron chi connectivity index (χ2n) is 3.18. The molecule has 5 heteroatoms. The fourth-order valence-corrected chi connectivity index (χ4v) is 1.09. The molecule has 82 valence electrons. The molecule has 1 atom stereocenters. The van der Waals surface area contributed by atoms with E-state index in [2.05, 4.69) is 4.98 Å². The van der Waals surface area contributed by atoms with E-state index in [0.29, 0.717) is 17.9 Å². The Labute approximate surface area is 88.2 Å². The maximum Gasteiger partial charge on any atom is 0.340 e. The number of rotatable bonds is 4. The molecule has 0 aliphatic carbocycles. The van der Waals surface area contributed by atoms with Crippen LogP contribution in [-0.4, -0.2) is 30.8 Å². The third-order valence-corrected chi connectivity index (χ3v) is 1.70. The summed E-state index contributed by atoms with van der Waals surface area (Å²) in [7, 11) is 1.55. The Morgan fingerprint density at radius 1 is 1.60 bits per heavy atom. The summed E-state index contributed by atoms with van der Waals surface area (Å²) < 4.78 is 9.92. The van der Waals surface area contributed by atoms with Crippen molar-refractivity contribution in [3.63, 3.8) is 0 Å². The predicted molar refractivity (Wildman–Crippen MR) is 55.4 cm³/mol. The molecule has 0 fully saturated rings. The first-order chi connectivity index (χ1) is 7.13. The van der Waals surface area contributed by atoms with Gasteiger partial charge in [0.05, 0.1) is 17.9 Å². The lowest BCUT2D eigenvalue weighted by molar-refractivity contribution is 0.0120. The normalized spacial score (nSPS) is 12.1. The lowest BCUT2D eigenvalue weighted by atomic mass is 10.2. The second-order valence-corrected chi connectivity index (χ2v) is 3.18. The topological polar surface area (TPSA) is 74.4 Å². The minimum atomic E-state index is -0.445. The summed E-state index contributed by atoms with van der Waals surface area (Å²) in [5.74, 6) is -0.445. The molecule has 0 aliphatic rings. The summed E-state index contributed by atoms with van der Waals surface area (Å²) in [5.41, 5.74) is 6.27. The first-order valence-corrected chi connectivity index (χ1v) is 4.54. The van der Waals surface area contributed by atoms with Crippen LogP contribution >= 0.6 is 0 Å². The molecular formula is C10H14N2O3. The number of nitrogens with two attached hydrogens (primary N) is 1. The van der Waals surface area contributed by atoms with Crippen LogP contribution in [0.25, 0.3) is 0 Å². The standard InChI is InChI=1S/C10H14N2O3/c1-7(6-14-2)15-10(13)8-3-9(11)5-12-4-8/h3-5,7H,6,11H2,1-2H3. The zero-order valence-corrected chi connectivity index (χ0v) is 8.77. The molecule has 0 aliphatic heterocycles. The average Bonchev–Trinajstić information content (AvgIpc) is 2.18. The van der Waals surface area contributed by atoms with Crippen molar-refractivity contribution < 1.29 is 14.3 Å². The summed E-state index contributed by atoms with van der Waals surface area (Å²) >= 11 is 0. The number of pyridine rings is 1. The number of hydrogen-bond donors (Lipinski definition) is 1. The molecule has 1 unspecified atom stereocenters. The van der Waals surface area contributed by atoms with Gasteiger partial charge < -0.3 is 15.2 Å². The zero-order chi connectivity index (χ0) is 11.3. The van der Waals surface area contributed by atoms with E-state index in [0.717, 1.165) is 0 Å². The lowest BCUT2D eigenvalue weighted by Gasteiger charge is -2.11. The van der Waals surface area contributed by atoms with Crippen molar-refractivity contribution in [2.75, 3.05) is 19.5 Å². The van der Waals surface area contributed by atoms with Crippen molar-refractivity contribution in [2.45, 2.75) is 13.0 Å². The highest BCUT2D eigenvalue weighted by molar-refractivity contribution is 5.90. The van der Waals surface area contributed by atoms with E-state index in [1.807, 2.05) is 0 Å². The van der Waals surface area contributed by atoms with Crippen molar-refractivity contribution in [1.29, 1.82) is 0 Å². The highest BCUT2D eigenvalue weighted by atomic mass is 16.6. The van der Waals surface area contributed by atoms with Gasteiger partial charge in [-0.05, 0) is 13.0 Å². The van der Waals surface area contributed by atoms with Crippen LogP contribution in [0.2, 0.25) is 0 Å². The summed E-state index contributed by atoms with van der Waals surface area (Å²) in [5, 5.41) is 0. The molecule has 0 bridgehead atoms. The van der Waals surface area contributed by atoms with E-state index in [-0.39, 0.29) is 6.10 Å². The predicted octanol–water partition coefficient (Wildman–Crippen LogP) is 0.855. The summed E-state index contributed by atoms with van der Waals surface area (Å²) in [6.45, 7) is 2.11. The number of carbonyl (C=O) groups is 1. The van der Waals surface area contributed by atoms with Crippen molar-refractivity contribution >= 4 is 11.7 Å². The summed E-state index contributed by atoms with van der Waals surface area (Å²) in [6.07, 6.45) is 2.59. The van der Waals surface area contributed by atoms with Gasteiger partial charge in [-0.2, -0.15) is 0 Å². The quantitative estimate of drug-likeness (QED) is 0.746. The molecule has 0 aromatic carbocycles. The van der Waals surface area contributed by atoms with E-state index in [1.54, 1.807) is 14.0 Å². The maximum atomic E-state index is 11.5. The Bertz CT molecular complexity index is 341. The third kappa shape index (κ3) is 3.55. The summed E-state index contributed by atoms with van der Waals surface area (Å²) in [6, 6.07) is 1.52. The van der Waals surface area contributed by atoms with Gasteiger partial charge in [-0.25, -0.2) is 4.79 Å². The molecule has 5 nitrogen and oxygen atoms in total. The van der Waals surface area contributed by atoms with E-state index < -0.39 is 5.97 Å². The number of aromatic nitrogens is 1. The van der Waals surface area contributed by atoms with Gasteiger partial charge in [0.15, 0.2) is 0 Å². The molecule has 1 rings (SSSR count). The first-order valence-electron chi connectivity index (χ1n) is 4.54. The zero-order valence-electron chi connectivity index (χ0n) is 8.77. The fraction of sp³-hybridized carbons (Fsp3) is 0.400. The molecule has 2 N–H and O–H groups in total. The molecular weight excluding hydrogens is 196 g/mol. The Morgan fingerprint density at radius 2 is 2.33 bits per heavy atom. The molecule has 1 aromatic rings. The highest BCUT2D eigenvalue weighted by Gasteiger charge is 2.12. The van der Waals surface area contributed by atoms with Gasteiger partial charge in [0.25, 0.3) is 0 Å². The third-order valence-electron chi connectivity index (χ3n) is 1.70. The van der Waals surface area contributed by atoms with Gasteiger partial charge in [0.2, 0.25) is 0 Å². The van der Waals surface area contributed by atoms with Crippen LogP contribution in [0.3, 0.4) is 0 Å². The number of anilines is 1. The minimum absolute atomic E-state index is 0.288. The second kappa shape index (κ2) is 5.31. The van der Waals surface area contributed by atoms with E-state index in [4.69, 9.17) is 15.2 Å². The van der Waals surface area contributed by atoms with Gasteiger partial charge in [-0.15, -0.1) is 0 Å². The van der Waals surface area contributed by atoms with Gasteiger partial charge >= 0.3 is 5.97 Å². The fourth-order valence-electron chi connectivity index (χ4n) is 1.09. The van der Waals surface area contributed by atoms with Crippen molar-refractivity contribution in [1.82, 2.24) is 4.98 Å². The number of nitrogens with zero attached hydrogens (tertiary/aromatic N) is 1. The number of hydrogen-bond acceptors (Lipinski definition) is 5. The maximum absolute atomic E-state index is 11.5. The van der Waals surface area contributed by atoms with Crippen molar-refractivity contribution in [3.8, 4) is 0 Å². The molecule has 0 amide bonds. The number of carbonyl (C=O) groups excluding carboxylic acids is 1. The van der Waals surface area contributed by atoms with Crippen LogP contribution in [0, 0.1) is 0 Å². The van der Waals surface area contributed by atoms with Gasteiger partial charge in [0, 0.05) is 19.5 Å². The molecule has 0 saturated carbocycles. The van der Waals surface area contributed by atoms with Crippen molar-refractivity contribution in [3.05, 3.63) is 24.0 Å². The van der Waals surface area contributed by atoms with Crippen LogP contribution in [-0.2, 0) is 9.47 Å². The molecule has 0 spiro atoms. The Morgan fingerprint density at radius 3 is 2.93 bits per heavy atom.